The van der Waals surface area contributed by atoms with E-state index in [9.17, 15) is 9.59 Å². The van der Waals surface area contributed by atoms with Crippen LogP contribution in [0.1, 0.15) is 37.9 Å². The zero-order valence-corrected chi connectivity index (χ0v) is 21.1. The summed E-state index contributed by atoms with van der Waals surface area (Å²) < 4.78 is 13.5. The van der Waals surface area contributed by atoms with Crippen molar-refractivity contribution in [3.05, 3.63) is 108 Å². The Balaban J connectivity index is 1.64. The Labute approximate surface area is 212 Å². The number of aromatic nitrogens is 1. The molecule has 0 saturated carbocycles. The summed E-state index contributed by atoms with van der Waals surface area (Å²) >= 11 is 1.31. The Bertz CT molecular complexity index is 1590. The van der Waals surface area contributed by atoms with Gasteiger partial charge in [0.25, 0.3) is 5.56 Å². The Kier molecular flexibility index (Phi) is 6.57. The summed E-state index contributed by atoms with van der Waals surface area (Å²) in [7, 11) is 0. The third-order valence-corrected chi connectivity index (χ3v) is 7.12. The molecule has 0 bridgehead atoms. The van der Waals surface area contributed by atoms with Crippen molar-refractivity contribution in [2.75, 3.05) is 6.61 Å². The summed E-state index contributed by atoms with van der Waals surface area (Å²) in [4.78, 5) is 31.8. The maximum absolute atomic E-state index is 13.7. The number of esters is 1. The van der Waals surface area contributed by atoms with Crippen LogP contribution in [-0.4, -0.2) is 23.2 Å². The standard InChI is InChI=1S/C29H26N2O4S/c1-4-34-28(33)26-18(2)30-29-31(23(26)15-14-20-10-6-5-7-11-20)27(32)25(36-29)17-22-16-21-12-8-9-13-24(21)35-19(22)3/h5-17,19,23H,4H2,1-3H3/b15-14+,25-17-/t19-,23+/m0/s1. The number of hydrogen-bond donors (Lipinski definition) is 0. The molecule has 0 radical (unpaired) electrons. The van der Waals surface area contributed by atoms with Crippen molar-refractivity contribution in [2.24, 2.45) is 4.99 Å². The van der Waals surface area contributed by atoms with Gasteiger partial charge in [0.1, 0.15) is 11.9 Å². The molecular weight excluding hydrogens is 472 g/mol. The van der Waals surface area contributed by atoms with E-state index in [2.05, 4.69) is 4.99 Å². The number of ether oxygens (including phenoxy) is 2. The Morgan fingerprint density at radius 1 is 1.17 bits per heavy atom. The molecule has 2 atom stereocenters. The topological polar surface area (TPSA) is 69.9 Å². The largest absolute Gasteiger partial charge is 0.485 e. The average Bonchev–Trinajstić information content (AvgIpc) is 3.17. The Morgan fingerprint density at radius 2 is 1.92 bits per heavy atom. The number of benzene rings is 2. The minimum absolute atomic E-state index is 0.205. The fraction of sp³-hybridized carbons (Fsp3) is 0.207. The molecule has 36 heavy (non-hydrogen) atoms. The highest BCUT2D eigenvalue weighted by Crippen LogP contribution is 2.30. The lowest BCUT2D eigenvalue weighted by atomic mass is 10.0. The molecule has 0 N–H and O–H groups in total. The fourth-order valence-electron chi connectivity index (χ4n) is 4.36. The minimum atomic E-state index is -0.627. The average molecular weight is 499 g/mol. The summed E-state index contributed by atoms with van der Waals surface area (Å²) in [5.41, 5.74) is 3.55. The second-order valence-corrected chi connectivity index (χ2v) is 9.57. The van der Waals surface area contributed by atoms with Gasteiger partial charge in [-0.15, -0.1) is 0 Å². The van der Waals surface area contributed by atoms with Crippen molar-refractivity contribution in [3.63, 3.8) is 0 Å². The lowest BCUT2D eigenvalue weighted by molar-refractivity contribution is -0.139. The fourth-order valence-corrected chi connectivity index (χ4v) is 5.41. The number of thiazole rings is 1. The van der Waals surface area contributed by atoms with Crippen LogP contribution in [-0.2, 0) is 9.53 Å². The van der Waals surface area contributed by atoms with Gasteiger partial charge in [0.15, 0.2) is 4.80 Å². The molecule has 0 spiro atoms. The molecule has 3 aromatic rings. The van der Waals surface area contributed by atoms with E-state index in [1.54, 1.807) is 18.4 Å². The molecule has 0 amide bonds. The van der Waals surface area contributed by atoms with Gasteiger partial charge in [0, 0.05) is 5.56 Å². The van der Waals surface area contributed by atoms with Gasteiger partial charge < -0.3 is 9.47 Å². The van der Waals surface area contributed by atoms with E-state index in [1.165, 1.54) is 11.3 Å². The normalized spacial score (nSPS) is 19.3. The summed E-state index contributed by atoms with van der Waals surface area (Å²) in [6.45, 7) is 5.74. The van der Waals surface area contributed by atoms with Crippen molar-refractivity contribution in [1.29, 1.82) is 0 Å². The van der Waals surface area contributed by atoms with Gasteiger partial charge >= 0.3 is 5.97 Å². The van der Waals surface area contributed by atoms with E-state index in [0.717, 1.165) is 22.4 Å². The summed E-state index contributed by atoms with van der Waals surface area (Å²) in [5, 5.41) is 0. The molecule has 182 valence electrons. The van der Waals surface area contributed by atoms with Crippen LogP contribution >= 0.6 is 11.3 Å². The smallest absolute Gasteiger partial charge is 0.338 e. The van der Waals surface area contributed by atoms with Gasteiger partial charge in [-0.05, 0) is 50.1 Å². The monoisotopic (exact) mass is 498 g/mol. The number of carbonyl (C=O) groups is 1. The third kappa shape index (κ3) is 4.50. The Morgan fingerprint density at radius 3 is 2.69 bits per heavy atom. The zero-order valence-electron chi connectivity index (χ0n) is 20.3. The quantitative estimate of drug-likeness (QED) is 0.493. The first-order valence-corrected chi connectivity index (χ1v) is 12.7. The zero-order chi connectivity index (χ0) is 25.2. The first-order chi connectivity index (χ1) is 17.5. The van der Waals surface area contributed by atoms with Crippen molar-refractivity contribution in [3.8, 4) is 5.75 Å². The van der Waals surface area contributed by atoms with Crippen LogP contribution in [0.2, 0.25) is 0 Å². The maximum Gasteiger partial charge on any atom is 0.338 e. The van der Waals surface area contributed by atoms with E-state index >= 15 is 0 Å². The van der Waals surface area contributed by atoms with Gasteiger partial charge in [0.2, 0.25) is 0 Å². The highest BCUT2D eigenvalue weighted by atomic mass is 32.1. The lowest BCUT2D eigenvalue weighted by Crippen LogP contribution is -2.38. The van der Waals surface area contributed by atoms with Crippen molar-refractivity contribution < 1.29 is 14.3 Å². The number of para-hydroxylation sites is 1. The molecule has 0 unspecified atom stereocenters. The molecule has 2 aliphatic rings. The van der Waals surface area contributed by atoms with E-state index in [1.807, 2.05) is 85.8 Å². The van der Waals surface area contributed by atoms with E-state index < -0.39 is 12.0 Å². The van der Waals surface area contributed by atoms with Crippen molar-refractivity contribution in [1.82, 2.24) is 4.57 Å². The predicted molar refractivity (Wildman–Crippen MR) is 142 cm³/mol. The van der Waals surface area contributed by atoms with Gasteiger partial charge in [-0.3, -0.25) is 9.36 Å². The first kappa shape index (κ1) is 23.8. The number of nitrogens with zero attached hydrogens (tertiary/aromatic N) is 2. The van der Waals surface area contributed by atoms with Gasteiger partial charge in [-0.25, -0.2) is 9.79 Å². The lowest BCUT2D eigenvalue weighted by Gasteiger charge is -2.22. The molecule has 6 nitrogen and oxygen atoms in total. The predicted octanol–water partition coefficient (Wildman–Crippen LogP) is 4.28. The van der Waals surface area contributed by atoms with Crippen molar-refractivity contribution >= 4 is 35.5 Å². The molecule has 2 aromatic carbocycles. The van der Waals surface area contributed by atoms with Crippen LogP contribution < -0.4 is 19.6 Å². The molecule has 7 heteroatoms. The SMILES string of the molecule is CCOC(=O)C1=C(C)N=c2s/c(=C\C3=Cc4ccccc4O[C@H]3C)c(=O)n2[C@@H]1/C=C/c1ccccc1. The van der Waals surface area contributed by atoms with E-state index in [0.29, 0.717) is 20.6 Å². The van der Waals surface area contributed by atoms with Gasteiger partial charge in [0.05, 0.1) is 28.5 Å². The molecule has 5 rings (SSSR count). The summed E-state index contributed by atoms with van der Waals surface area (Å²) in [5.74, 6) is 0.355. The number of carbonyl (C=O) groups excluding carboxylic acids is 1. The van der Waals surface area contributed by atoms with Crippen LogP contribution in [0.3, 0.4) is 0 Å². The van der Waals surface area contributed by atoms with Crippen LogP contribution in [0, 0.1) is 0 Å². The number of allylic oxidation sites excluding steroid dienone is 2. The maximum atomic E-state index is 13.7. The number of hydrogen-bond acceptors (Lipinski definition) is 6. The highest BCUT2D eigenvalue weighted by molar-refractivity contribution is 7.07. The molecule has 3 heterocycles. The molecular formula is C29H26N2O4S. The molecule has 2 aliphatic heterocycles. The first-order valence-electron chi connectivity index (χ1n) is 11.9. The second kappa shape index (κ2) is 9.95. The third-order valence-electron chi connectivity index (χ3n) is 6.14. The van der Waals surface area contributed by atoms with Crippen LogP contribution in [0.5, 0.6) is 5.75 Å². The minimum Gasteiger partial charge on any atom is -0.485 e. The highest BCUT2D eigenvalue weighted by Gasteiger charge is 2.30. The second-order valence-electron chi connectivity index (χ2n) is 8.56. The number of rotatable bonds is 5. The van der Waals surface area contributed by atoms with Crippen molar-refractivity contribution in [2.45, 2.75) is 32.9 Å². The molecule has 0 fully saturated rings. The van der Waals surface area contributed by atoms with Gasteiger partial charge in [-0.2, -0.15) is 0 Å². The van der Waals surface area contributed by atoms with E-state index in [-0.39, 0.29) is 18.3 Å². The van der Waals surface area contributed by atoms with E-state index in [4.69, 9.17) is 9.47 Å². The molecule has 0 aliphatic carbocycles. The number of fused-ring (bicyclic) bond motifs is 2. The van der Waals surface area contributed by atoms with Crippen LogP contribution in [0.4, 0.5) is 0 Å². The molecule has 0 saturated heterocycles. The summed E-state index contributed by atoms with van der Waals surface area (Å²) in [6.07, 6.45) is 7.48. The van der Waals surface area contributed by atoms with Crippen LogP contribution in [0.15, 0.2) is 87.3 Å². The summed E-state index contributed by atoms with van der Waals surface area (Å²) in [6, 6.07) is 17.0. The molecule has 1 aromatic heterocycles. The van der Waals surface area contributed by atoms with Gasteiger partial charge in [-0.1, -0.05) is 72.0 Å². The van der Waals surface area contributed by atoms with Crippen LogP contribution in [0.25, 0.3) is 18.2 Å². The Hall–Kier alpha value is -3.97.